The molecule has 136 valence electrons. The van der Waals surface area contributed by atoms with Crippen molar-refractivity contribution in [2.24, 2.45) is 5.14 Å². The van der Waals surface area contributed by atoms with E-state index in [4.69, 9.17) is 5.14 Å². The Kier molecular flexibility index (Phi) is 5.55. The number of hydrogen-bond acceptors (Lipinski definition) is 4. The predicted octanol–water partition coefficient (Wildman–Crippen LogP) is 2.70. The van der Waals surface area contributed by atoms with Crippen LogP contribution < -0.4 is 9.86 Å². The van der Waals surface area contributed by atoms with E-state index >= 15 is 0 Å². The number of rotatable bonds is 6. The maximum atomic E-state index is 12.6. The topological polar surface area (TPSA) is 106 Å². The van der Waals surface area contributed by atoms with Crippen LogP contribution in [-0.2, 0) is 26.5 Å². The molecule has 2 aromatic rings. The van der Waals surface area contributed by atoms with Gasteiger partial charge in [0, 0.05) is 0 Å². The Balaban J connectivity index is 2.42. The number of aryl methyl sites for hydroxylation is 2. The van der Waals surface area contributed by atoms with Gasteiger partial charge < -0.3 is 0 Å². The van der Waals surface area contributed by atoms with E-state index in [0.717, 1.165) is 18.4 Å². The number of sulfonamides is 2. The Morgan fingerprint density at radius 3 is 2.08 bits per heavy atom. The monoisotopic (exact) mass is 382 g/mol. The fourth-order valence-electron chi connectivity index (χ4n) is 2.42. The lowest BCUT2D eigenvalue weighted by atomic mass is 10.1. The Labute approximate surface area is 149 Å². The summed E-state index contributed by atoms with van der Waals surface area (Å²) in [5, 5.41) is 5.16. The molecule has 0 aliphatic heterocycles. The third kappa shape index (κ3) is 4.59. The van der Waals surface area contributed by atoms with Crippen molar-refractivity contribution in [1.29, 1.82) is 0 Å². The fraction of sp³-hybridized carbons (Fsp3) is 0.294. The van der Waals surface area contributed by atoms with Crippen molar-refractivity contribution in [3.63, 3.8) is 0 Å². The lowest BCUT2D eigenvalue weighted by Gasteiger charge is -2.14. The molecule has 0 saturated carbocycles. The Hall–Kier alpha value is -1.90. The number of anilines is 1. The zero-order valence-electron chi connectivity index (χ0n) is 14.4. The van der Waals surface area contributed by atoms with E-state index in [1.165, 1.54) is 12.1 Å². The molecule has 8 heteroatoms. The molecule has 0 aromatic heterocycles. The minimum absolute atomic E-state index is 0.116. The smallest absolute Gasteiger partial charge is 0.261 e. The van der Waals surface area contributed by atoms with Gasteiger partial charge in [0.05, 0.1) is 15.5 Å². The summed E-state index contributed by atoms with van der Waals surface area (Å²) in [5.41, 5.74) is 2.52. The molecule has 0 amide bonds. The van der Waals surface area contributed by atoms with Gasteiger partial charge in [0.25, 0.3) is 10.0 Å². The Morgan fingerprint density at radius 2 is 1.56 bits per heavy atom. The predicted molar refractivity (Wildman–Crippen MR) is 98.5 cm³/mol. The minimum Gasteiger partial charge on any atom is -0.279 e. The minimum atomic E-state index is -3.93. The first-order valence-electron chi connectivity index (χ1n) is 7.80. The summed E-state index contributed by atoms with van der Waals surface area (Å²) in [5.74, 6) is 0. The van der Waals surface area contributed by atoms with E-state index in [2.05, 4.69) is 11.6 Å². The normalized spacial score (nSPS) is 12.2. The van der Waals surface area contributed by atoms with Crippen LogP contribution in [0.4, 0.5) is 5.69 Å². The molecule has 0 aliphatic rings. The fourth-order valence-corrected chi connectivity index (χ4v) is 4.16. The lowest BCUT2D eigenvalue weighted by Crippen LogP contribution is -2.17. The molecule has 0 heterocycles. The van der Waals surface area contributed by atoms with Gasteiger partial charge in [-0.25, -0.2) is 22.0 Å². The molecule has 6 nitrogen and oxygen atoms in total. The van der Waals surface area contributed by atoms with Gasteiger partial charge in [0.1, 0.15) is 0 Å². The molecule has 0 radical (unpaired) electrons. The van der Waals surface area contributed by atoms with Crippen molar-refractivity contribution < 1.29 is 16.8 Å². The quantitative estimate of drug-likeness (QED) is 0.801. The molecule has 0 fully saturated rings. The van der Waals surface area contributed by atoms with Crippen LogP contribution in [-0.4, -0.2) is 16.8 Å². The SMILES string of the molecule is CCCc1ccc(S(=O)(=O)Nc2cc(S(N)(=O)=O)cc(C)c2C)cc1. The van der Waals surface area contributed by atoms with Crippen LogP contribution in [0.15, 0.2) is 46.2 Å². The van der Waals surface area contributed by atoms with E-state index in [9.17, 15) is 16.8 Å². The van der Waals surface area contributed by atoms with Gasteiger partial charge in [0.15, 0.2) is 0 Å². The van der Waals surface area contributed by atoms with Gasteiger partial charge in [-0.05, 0) is 61.2 Å². The van der Waals surface area contributed by atoms with E-state index in [0.29, 0.717) is 11.1 Å². The second-order valence-electron chi connectivity index (χ2n) is 5.96. The Bertz CT molecular complexity index is 980. The van der Waals surface area contributed by atoms with Crippen LogP contribution in [0.3, 0.4) is 0 Å². The Morgan fingerprint density at radius 1 is 0.960 bits per heavy atom. The largest absolute Gasteiger partial charge is 0.279 e. The summed E-state index contributed by atoms with van der Waals surface area (Å²) in [6, 6.07) is 9.29. The highest BCUT2D eigenvalue weighted by molar-refractivity contribution is 7.92. The summed E-state index contributed by atoms with van der Waals surface area (Å²) < 4.78 is 50.8. The zero-order chi connectivity index (χ0) is 18.8. The van der Waals surface area contributed by atoms with Crippen LogP contribution in [0.1, 0.15) is 30.0 Å². The third-order valence-corrected chi connectivity index (χ3v) is 6.26. The first-order valence-corrected chi connectivity index (χ1v) is 10.8. The van der Waals surface area contributed by atoms with Crippen molar-refractivity contribution in [3.05, 3.63) is 53.1 Å². The third-order valence-electron chi connectivity index (χ3n) is 3.99. The molecular weight excluding hydrogens is 360 g/mol. The molecule has 0 atom stereocenters. The second-order valence-corrected chi connectivity index (χ2v) is 9.20. The van der Waals surface area contributed by atoms with Gasteiger partial charge in [-0.2, -0.15) is 0 Å². The second kappa shape index (κ2) is 7.15. The van der Waals surface area contributed by atoms with Crippen molar-refractivity contribution in [2.75, 3.05) is 4.72 Å². The molecule has 0 aliphatic carbocycles. The van der Waals surface area contributed by atoms with Crippen molar-refractivity contribution >= 4 is 25.7 Å². The van der Waals surface area contributed by atoms with Crippen LogP contribution in [0.5, 0.6) is 0 Å². The van der Waals surface area contributed by atoms with Crippen LogP contribution >= 0.6 is 0 Å². The van der Waals surface area contributed by atoms with Crippen LogP contribution in [0.25, 0.3) is 0 Å². The van der Waals surface area contributed by atoms with Crippen molar-refractivity contribution in [2.45, 2.75) is 43.4 Å². The molecule has 0 spiro atoms. The van der Waals surface area contributed by atoms with Gasteiger partial charge in [-0.15, -0.1) is 0 Å². The number of nitrogens with one attached hydrogen (secondary N) is 1. The molecule has 2 rings (SSSR count). The van der Waals surface area contributed by atoms with E-state index in [1.54, 1.807) is 38.1 Å². The summed E-state index contributed by atoms with van der Waals surface area (Å²) in [6.45, 7) is 5.46. The summed E-state index contributed by atoms with van der Waals surface area (Å²) in [7, 11) is -7.76. The maximum Gasteiger partial charge on any atom is 0.261 e. The molecular formula is C17H22N2O4S2. The molecule has 25 heavy (non-hydrogen) atoms. The van der Waals surface area contributed by atoms with Crippen molar-refractivity contribution in [1.82, 2.24) is 0 Å². The number of hydrogen-bond donors (Lipinski definition) is 2. The zero-order valence-corrected chi connectivity index (χ0v) is 16.0. The highest BCUT2D eigenvalue weighted by Crippen LogP contribution is 2.26. The maximum absolute atomic E-state index is 12.6. The molecule has 0 bridgehead atoms. The summed E-state index contributed by atoms with van der Waals surface area (Å²) in [4.78, 5) is -0.0167. The van der Waals surface area contributed by atoms with E-state index in [-0.39, 0.29) is 15.5 Å². The van der Waals surface area contributed by atoms with Gasteiger partial charge >= 0.3 is 0 Å². The average Bonchev–Trinajstić information content (AvgIpc) is 2.51. The van der Waals surface area contributed by atoms with E-state index < -0.39 is 20.0 Å². The highest BCUT2D eigenvalue weighted by atomic mass is 32.2. The first-order chi connectivity index (χ1) is 11.5. The number of primary sulfonamides is 1. The number of benzene rings is 2. The van der Waals surface area contributed by atoms with Crippen molar-refractivity contribution in [3.8, 4) is 0 Å². The molecule has 3 N–H and O–H groups in total. The van der Waals surface area contributed by atoms with Crippen LogP contribution in [0, 0.1) is 13.8 Å². The average molecular weight is 383 g/mol. The van der Waals surface area contributed by atoms with Gasteiger partial charge in [-0.1, -0.05) is 25.5 Å². The van der Waals surface area contributed by atoms with Crippen LogP contribution in [0.2, 0.25) is 0 Å². The van der Waals surface area contributed by atoms with E-state index in [1.807, 2.05) is 0 Å². The highest BCUT2D eigenvalue weighted by Gasteiger charge is 2.18. The standard InChI is InChI=1S/C17H22N2O4S2/c1-4-5-14-6-8-15(9-7-14)25(22,23)19-17-11-16(24(18,20)21)10-12(2)13(17)3/h6-11,19H,4-5H2,1-3H3,(H2,18,20,21). The lowest BCUT2D eigenvalue weighted by molar-refractivity contribution is 0.596. The molecule has 0 unspecified atom stereocenters. The summed E-state index contributed by atoms with van der Waals surface area (Å²) >= 11 is 0. The first kappa shape index (κ1) is 19.4. The van der Waals surface area contributed by atoms with Gasteiger partial charge in [-0.3, -0.25) is 4.72 Å². The number of nitrogens with two attached hydrogens (primary N) is 1. The molecule has 2 aromatic carbocycles. The van der Waals surface area contributed by atoms with Gasteiger partial charge in [0.2, 0.25) is 10.0 Å². The summed E-state index contributed by atoms with van der Waals surface area (Å²) in [6.07, 6.45) is 1.85. The molecule has 0 saturated heterocycles.